The topological polar surface area (TPSA) is 125 Å². The summed E-state index contributed by atoms with van der Waals surface area (Å²) in [5.74, 6) is -2.05. The first-order valence-electron chi connectivity index (χ1n) is 5.74. The van der Waals surface area contributed by atoms with Crippen LogP contribution in [0.15, 0.2) is 24.5 Å². The second-order valence-electron chi connectivity index (χ2n) is 3.92. The van der Waals surface area contributed by atoms with Crippen molar-refractivity contribution in [1.82, 2.24) is 15.0 Å². The molecular weight excluding hydrogens is 286 g/mol. The molecule has 1 rings (SSSR count). The summed E-state index contributed by atoms with van der Waals surface area (Å²) in [6.45, 7) is -1.02. The molecule has 0 aromatic carbocycles. The molecule has 1 aromatic heterocycles. The van der Waals surface area contributed by atoms with Gasteiger partial charge in [0.25, 0.3) is 0 Å². The van der Waals surface area contributed by atoms with E-state index in [1.54, 1.807) is 24.5 Å². The molecule has 0 saturated heterocycles. The van der Waals surface area contributed by atoms with Gasteiger partial charge in [-0.25, -0.2) is 13.1 Å². The number of aliphatic carboxylic acids is 1. The van der Waals surface area contributed by atoms with Crippen molar-refractivity contribution >= 4 is 21.9 Å². The van der Waals surface area contributed by atoms with E-state index in [9.17, 15) is 18.0 Å². The number of nitrogens with zero attached hydrogens (tertiary/aromatic N) is 1. The maximum absolute atomic E-state index is 11.6. The molecule has 0 radical (unpaired) electrons. The molecule has 20 heavy (non-hydrogen) atoms. The normalized spacial score (nSPS) is 11.0. The van der Waals surface area contributed by atoms with Gasteiger partial charge >= 0.3 is 5.97 Å². The monoisotopic (exact) mass is 301 g/mol. The van der Waals surface area contributed by atoms with Crippen molar-refractivity contribution in [2.45, 2.75) is 6.42 Å². The molecule has 0 spiro atoms. The van der Waals surface area contributed by atoms with E-state index in [4.69, 9.17) is 5.11 Å². The summed E-state index contributed by atoms with van der Waals surface area (Å²) >= 11 is 0. The number of pyridine rings is 1. The molecule has 9 heteroatoms. The van der Waals surface area contributed by atoms with Crippen LogP contribution in [0.5, 0.6) is 0 Å². The Hall–Kier alpha value is -2.00. The van der Waals surface area contributed by atoms with Gasteiger partial charge in [0.05, 0.1) is 12.3 Å². The van der Waals surface area contributed by atoms with Gasteiger partial charge in [0.15, 0.2) is 0 Å². The molecule has 0 aliphatic carbocycles. The predicted octanol–water partition coefficient (Wildman–Crippen LogP) is -1.26. The van der Waals surface area contributed by atoms with Gasteiger partial charge in [-0.05, 0) is 24.1 Å². The first-order chi connectivity index (χ1) is 9.39. The van der Waals surface area contributed by atoms with Crippen molar-refractivity contribution in [2.24, 2.45) is 0 Å². The van der Waals surface area contributed by atoms with Crippen LogP contribution in [0.1, 0.15) is 5.56 Å². The number of sulfonamides is 1. The lowest BCUT2D eigenvalue weighted by atomic mass is 10.2. The summed E-state index contributed by atoms with van der Waals surface area (Å²) in [5.41, 5.74) is 0.820. The maximum atomic E-state index is 11.6. The Bertz CT molecular complexity index is 559. The third-order valence-corrected chi connectivity index (χ3v) is 3.62. The second-order valence-corrected chi connectivity index (χ2v) is 5.84. The van der Waals surface area contributed by atoms with Gasteiger partial charge in [-0.1, -0.05) is 0 Å². The molecule has 3 N–H and O–H groups in total. The molecule has 0 unspecified atom stereocenters. The largest absolute Gasteiger partial charge is 0.480 e. The fraction of sp³-hybridized carbons (Fsp3) is 0.364. The highest BCUT2D eigenvalue weighted by molar-refractivity contribution is 7.89. The summed E-state index contributed by atoms with van der Waals surface area (Å²) in [5, 5.41) is 10.4. The highest BCUT2D eigenvalue weighted by Gasteiger charge is 2.12. The number of aryl methyl sites for hydroxylation is 1. The van der Waals surface area contributed by atoms with E-state index in [-0.39, 0.29) is 5.75 Å². The number of nitrogens with one attached hydrogen (secondary N) is 2. The van der Waals surface area contributed by atoms with Crippen molar-refractivity contribution in [3.8, 4) is 0 Å². The zero-order chi connectivity index (χ0) is 15.0. The summed E-state index contributed by atoms with van der Waals surface area (Å²) in [6.07, 6.45) is 3.43. The summed E-state index contributed by atoms with van der Waals surface area (Å²) in [6, 6.07) is 3.41. The van der Waals surface area contributed by atoms with Crippen molar-refractivity contribution in [2.75, 3.05) is 18.8 Å². The lowest BCUT2D eigenvalue weighted by Crippen LogP contribution is -2.39. The molecule has 0 aliphatic heterocycles. The average Bonchev–Trinajstić information content (AvgIpc) is 2.42. The van der Waals surface area contributed by atoms with Crippen LogP contribution in [-0.2, 0) is 26.0 Å². The van der Waals surface area contributed by atoms with Crippen LogP contribution in [0, 0.1) is 0 Å². The average molecular weight is 301 g/mol. The summed E-state index contributed by atoms with van der Waals surface area (Å²) < 4.78 is 25.4. The van der Waals surface area contributed by atoms with Crippen LogP contribution in [0.25, 0.3) is 0 Å². The van der Waals surface area contributed by atoms with E-state index in [1.165, 1.54) is 0 Å². The third kappa shape index (κ3) is 6.81. The SMILES string of the molecule is O=C(O)CNC(=O)CNS(=O)(=O)CCc1ccncc1. The van der Waals surface area contributed by atoms with E-state index in [2.05, 4.69) is 15.0 Å². The lowest BCUT2D eigenvalue weighted by Gasteiger charge is -2.06. The number of amides is 1. The van der Waals surface area contributed by atoms with Crippen LogP contribution < -0.4 is 10.0 Å². The van der Waals surface area contributed by atoms with Gasteiger partial charge in [0.1, 0.15) is 6.54 Å². The molecule has 0 fully saturated rings. The van der Waals surface area contributed by atoms with E-state index < -0.39 is 35.0 Å². The fourth-order valence-corrected chi connectivity index (χ4v) is 2.29. The zero-order valence-corrected chi connectivity index (χ0v) is 11.4. The Balaban J connectivity index is 2.34. The molecule has 0 saturated carbocycles. The van der Waals surface area contributed by atoms with Gasteiger partial charge in [-0.3, -0.25) is 14.6 Å². The standard InChI is InChI=1S/C11H15N3O5S/c15-10(13-8-11(16)17)7-14-20(18,19)6-3-9-1-4-12-5-2-9/h1-2,4-5,14H,3,6-8H2,(H,13,15)(H,16,17). The van der Waals surface area contributed by atoms with Gasteiger partial charge < -0.3 is 10.4 Å². The van der Waals surface area contributed by atoms with Gasteiger partial charge in [-0.2, -0.15) is 0 Å². The van der Waals surface area contributed by atoms with Crippen molar-refractivity contribution < 1.29 is 23.1 Å². The number of hydrogen-bond acceptors (Lipinski definition) is 5. The number of hydrogen-bond donors (Lipinski definition) is 3. The summed E-state index contributed by atoms with van der Waals surface area (Å²) in [4.78, 5) is 25.2. The number of carboxylic acids is 1. The first-order valence-corrected chi connectivity index (χ1v) is 7.39. The second kappa shape index (κ2) is 7.56. The Morgan fingerprint density at radius 1 is 1.20 bits per heavy atom. The van der Waals surface area contributed by atoms with Gasteiger partial charge in [-0.15, -0.1) is 0 Å². The van der Waals surface area contributed by atoms with E-state index in [1.807, 2.05) is 0 Å². The van der Waals surface area contributed by atoms with E-state index in [0.29, 0.717) is 6.42 Å². The number of rotatable bonds is 8. The minimum atomic E-state index is -3.59. The number of aromatic nitrogens is 1. The molecule has 0 atom stereocenters. The molecule has 1 aromatic rings. The highest BCUT2D eigenvalue weighted by atomic mass is 32.2. The van der Waals surface area contributed by atoms with E-state index >= 15 is 0 Å². The van der Waals surface area contributed by atoms with Crippen LogP contribution in [-0.4, -0.2) is 49.2 Å². The molecule has 1 heterocycles. The first kappa shape index (κ1) is 16.1. The molecule has 0 bridgehead atoms. The molecule has 0 aliphatic rings. The number of carboxylic acid groups (broad SMARTS) is 1. The molecule has 1 amide bonds. The summed E-state index contributed by atoms with van der Waals surface area (Å²) in [7, 11) is -3.59. The zero-order valence-electron chi connectivity index (χ0n) is 10.6. The van der Waals surface area contributed by atoms with Gasteiger partial charge in [0.2, 0.25) is 15.9 Å². The van der Waals surface area contributed by atoms with Crippen molar-refractivity contribution in [3.63, 3.8) is 0 Å². The van der Waals surface area contributed by atoms with E-state index in [0.717, 1.165) is 5.56 Å². The maximum Gasteiger partial charge on any atom is 0.322 e. The lowest BCUT2D eigenvalue weighted by molar-refractivity contribution is -0.137. The van der Waals surface area contributed by atoms with Crippen molar-refractivity contribution in [3.05, 3.63) is 30.1 Å². The Labute approximate surface area is 116 Å². The van der Waals surface area contributed by atoms with Crippen molar-refractivity contribution in [1.29, 1.82) is 0 Å². The number of carbonyl (C=O) groups excluding carboxylic acids is 1. The van der Waals surface area contributed by atoms with Gasteiger partial charge in [0, 0.05) is 12.4 Å². The Morgan fingerprint density at radius 3 is 2.45 bits per heavy atom. The highest BCUT2D eigenvalue weighted by Crippen LogP contribution is 1.99. The number of carbonyl (C=O) groups is 2. The fourth-order valence-electron chi connectivity index (χ4n) is 1.29. The molecule has 8 nitrogen and oxygen atoms in total. The van der Waals surface area contributed by atoms with Crippen LogP contribution >= 0.6 is 0 Å². The Kier molecular flexibility index (Phi) is 6.07. The van der Waals surface area contributed by atoms with Crippen LogP contribution in [0.4, 0.5) is 0 Å². The molecular formula is C11H15N3O5S. The smallest absolute Gasteiger partial charge is 0.322 e. The Morgan fingerprint density at radius 2 is 1.85 bits per heavy atom. The van der Waals surface area contributed by atoms with Crippen LogP contribution in [0.2, 0.25) is 0 Å². The molecule has 110 valence electrons. The predicted molar refractivity (Wildman–Crippen MR) is 70.4 cm³/mol. The minimum absolute atomic E-state index is 0.163. The van der Waals surface area contributed by atoms with Crippen LogP contribution in [0.3, 0.4) is 0 Å². The third-order valence-electron chi connectivity index (χ3n) is 2.30. The quantitative estimate of drug-likeness (QED) is 0.550. The minimum Gasteiger partial charge on any atom is -0.480 e.